The fraction of sp³-hybridized carbons (Fsp3) is 0.364. The first-order chi connectivity index (χ1) is 14.9. The predicted molar refractivity (Wildman–Crippen MR) is 122 cm³/mol. The molecule has 0 spiro atoms. The number of fused-ring (bicyclic) bond motifs is 1. The molecule has 2 N–H and O–H groups in total. The fourth-order valence-electron chi connectivity index (χ4n) is 3.70. The largest absolute Gasteiger partial charge is 0.393 e. The predicted octanol–water partition coefficient (Wildman–Crippen LogP) is 4.82. The summed E-state index contributed by atoms with van der Waals surface area (Å²) < 4.78 is 28.8. The van der Waals surface area contributed by atoms with Crippen LogP contribution in [0.1, 0.15) is 29.1 Å². The van der Waals surface area contributed by atoms with Gasteiger partial charge in [-0.1, -0.05) is 12.7 Å². The third-order valence-corrected chi connectivity index (χ3v) is 6.28. The summed E-state index contributed by atoms with van der Waals surface area (Å²) in [5.74, 6) is -1.84. The number of anilines is 2. The van der Waals surface area contributed by atoms with Crippen LogP contribution in [0.25, 0.3) is 11.2 Å². The summed E-state index contributed by atoms with van der Waals surface area (Å²) in [5.41, 5.74) is 3.42. The Morgan fingerprint density at radius 3 is 2.81 bits per heavy atom. The summed E-state index contributed by atoms with van der Waals surface area (Å²) in [6.45, 7) is 7.37. The number of allylic oxidation sites excluding steroid dienone is 2. The van der Waals surface area contributed by atoms with E-state index in [0.717, 1.165) is 32.5 Å². The second kappa shape index (κ2) is 8.76. The lowest BCUT2D eigenvalue weighted by atomic mass is 10.1. The smallest absolute Gasteiger partial charge is 0.250 e. The van der Waals surface area contributed by atoms with Crippen LogP contribution in [-0.4, -0.2) is 45.3 Å². The summed E-state index contributed by atoms with van der Waals surface area (Å²) in [4.78, 5) is 12.4. The van der Waals surface area contributed by atoms with Crippen LogP contribution in [-0.2, 0) is 6.54 Å². The van der Waals surface area contributed by atoms with Gasteiger partial charge in [0.2, 0.25) is 0 Å². The lowest BCUT2D eigenvalue weighted by molar-refractivity contribution is -0.0564. The topological polar surface area (TPSA) is 57.5 Å². The number of imidazole rings is 1. The molecular formula is C22H26F2N6S. The number of hydrogen-bond donors (Lipinski definition) is 2. The number of thiophene rings is 1. The van der Waals surface area contributed by atoms with Crippen molar-refractivity contribution in [3.05, 3.63) is 59.6 Å². The summed E-state index contributed by atoms with van der Waals surface area (Å²) >= 11 is 1.61. The Labute approximate surface area is 184 Å². The van der Waals surface area contributed by atoms with Gasteiger partial charge >= 0.3 is 0 Å². The van der Waals surface area contributed by atoms with Gasteiger partial charge in [-0.3, -0.25) is 9.30 Å². The zero-order valence-electron chi connectivity index (χ0n) is 17.7. The van der Waals surface area contributed by atoms with Crippen molar-refractivity contribution in [2.45, 2.75) is 32.2 Å². The molecule has 0 saturated carbocycles. The molecule has 4 heterocycles. The van der Waals surface area contributed by atoms with Crippen LogP contribution in [0.4, 0.5) is 19.6 Å². The average molecular weight is 445 g/mol. The van der Waals surface area contributed by atoms with E-state index in [1.54, 1.807) is 23.6 Å². The molecule has 9 heteroatoms. The highest BCUT2D eigenvalue weighted by molar-refractivity contribution is 7.16. The Kier molecular flexibility index (Phi) is 6.06. The van der Waals surface area contributed by atoms with Crippen molar-refractivity contribution in [3.8, 4) is 0 Å². The number of aryl methyl sites for hydroxylation is 1. The number of rotatable bonds is 7. The monoisotopic (exact) mass is 444 g/mol. The molecule has 164 valence electrons. The van der Waals surface area contributed by atoms with Gasteiger partial charge in [0.05, 0.1) is 22.6 Å². The second-order valence-corrected chi connectivity index (χ2v) is 8.85. The van der Waals surface area contributed by atoms with Crippen molar-refractivity contribution in [2.75, 3.05) is 25.5 Å². The Morgan fingerprint density at radius 2 is 2.10 bits per heavy atom. The van der Waals surface area contributed by atoms with E-state index in [1.807, 2.05) is 42.9 Å². The number of likely N-dealkylation sites (tertiary alicyclic amines) is 1. The number of piperidine rings is 1. The van der Waals surface area contributed by atoms with Crippen LogP contribution in [0.5, 0.6) is 0 Å². The highest BCUT2D eigenvalue weighted by atomic mass is 32.1. The van der Waals surface area contributed by atoms with Gasteiger partial charge in [0.25, 0.3) is 5.92 Å². The maximum atomic E-state index is 13.4. The van der Waals surface area contributed by atoms with E-state index >= 15 is 0 Å². The molecule has 0 atom stereocenters. The molecule has 0 bridgehead atoms. The van der Waals surface area contributed by atoms with Gasteiger partial charge in [-0.05, 0) is 19.1 Å². The van der Waals surface area contributed by atoms with E-state index in [1.165, 1.54) is 0 Å². The summed E-state index contributed by atoms with van der Waals surface area (Å²) in [5, 5.41) is 7.36. The molecule has 1 fully saturated rings. The van der Waals surface area contributed by atoms with Crippen LogP contribution < -0.4 is 10.6 Å². The van der Waals surface area contributed by atoms with Gasteiger partial charge in [-0.2, -0.15) is 0 Å². The normalized spacial score (nSPS) is 17.1. The molecule has 0 aromatic carbocycles. The maximum absolute atomic E-state index is 13.4. The number of halogens is 2. The van der Waals surface area contributed by atoms with Crippen molar-refractivity contribution < 1.29 is 8.78 Å². The lowest BCUT2D eigenvalue weighted by Gasteiger charge is -2.31. The quantitative estimate of drug-likeness (QED) is 0.512. The molecule has 0 aliphatic carbocycles. The van der Waals surface area contributed by atoms with Gasteiger partial charge < -0.3 is 10.6 Å². The first-order valence-electron chi connectivity index (χ1n) is 10.2. The van der Waals surface area contributed by atoms with Gasteiger partial charge in [-0.15, -0.1) is 11.3 Å². The van der Waals surface area contributed by atoms with Crippen molar-refractivity contribution in [3.63, 3.8) is 0 Å². The first kappa shape index (κ1) is 21.5. The zero-order valence-corrected chi connectivity index (χ0v) is 18.5. The molecule has 0 radical (unpaired) electrons. The first-order valence-corrected chi connectivity index (χ1v) is 11.0. The molecule has 1 aliphatic rings. The van der Waals surface area contributed by atoms with Gasteiger partial charge in [0.15, 0.2) is 11.5 Å². The van der Waals surface area contributed by atoms with Crippen LogP contribution in [0.3, 0.4) is 0 Å². The zero-order chi connectivity index (χ0) is 22.0. The maximum Gasteiger partial charge on any atom is 0.250 e. The standard InChI is InChI=1S/C22H26F2N6S/c1-4-16(11-25-3)18-12-26-21-20(27-15(2)13-30(18)21)28-19-6-5-17(31-19)14-29-9-7-22(23,24)8-10-29/h4-6,11-13,25H,1,7-10,14H2,2-3H3,(H,27,28)/b16-11+. The van der Waals surface area contributed by atoms with Gasteiger partial charge in [0, 0.05) is 62.4 Å². The molecule has 3 aromatic rings. The molecule has 1 saturated heterocycles. The van der Waals surface area contributed by atoms with E-state index in [4.69, 9.17) is 0 Å². The summed E-state index contributed by atoms with van der Waals surface area (Å²) in [6.07, 6.45) is 7.28. The minimum Gasteiger partial charge on any atom is -0.393 e. The van der Waals surface area contributed by atoms with Crippen LogP contribution in [0.2, 0.25) is 0 Å². The molecule has 0 unspecified atom stereocenters. The third-order valence-electron chi connectivity index (χ3n) is 5.30. The van der Waals surface area contributed by atoms with E-state index < -0.39 is 5.92 Å². The fourth-order valence-corrected chi connectivity index (χ4v) is 4.65. The molecule has 1 aliphatic heterocycles. The highest BCUT2D eigenvalue weighted by Gasteiger charge is 2.33. The number of alkyl halides is 2. The van der Waals surface area contributed by atoms with Crippen molar-refractivity contribution >= 4 is 33.4 Å². The van der Waals surface area contributed by atoms with Crippen LogP contribution in [0.15, 0.2) is 43.4 Å². The van der Waals surface area contributed by atoms with Crippen LogP contribution in [0, 0.1) is 6.92 Å². The number of nitrogens with zero attached hydrogens (tertiary/aromatic N) is 4. The van der Waals surface area contributed by atoms with Crippen molar-refractivity contribution in [1.82, 2.24) is 24.6 Å². The highest BCUT2D eigenvalue weighted by Crippen LogP contribution is 2.32. The second-order valence-electron chi connectivity index (χ2n) is 7.68. The van der Waals surface area contributed by atoms with E-state index in [2.05, 4.69) is 32.1 Å². The SMILES string of the molecule is C=C/C(=C\NC)c1cnc2c(Nc3ccc(CN4CCC(F)(F)CC4)s3)nc(C)cn12. The Bertz CT molecular complexity index is 1110. The number of hydrogen-bond acceptors (Lipinski definition) is 6. The van der Waals surface area contributed by atoms with E-state index in [9.17, 15) is 8.78 Å². The summed E-state index contributed by atoms with van der Waals surface area (Å²) in [7, 11) is 1.84. The number of nitrogens with one attached hydrogen (secondary N) is 2. The molecule has 31 heavy (non-hydrogen) atoms. The molecular weight excluding hydrogens is 418 g/mol. The number of aromatic nitrogens is 3. The lowest BCUT2D eigenvalue weighted by Crippen LogP contribution is -2.38. The molecule has 3 aromatic heterocycles. The molecule has 0 amide bonds. The van der Waals surface area contributed by atoms with E-state index in [0.29, 0.717) is 25.5 Å². The Hall–Kier alpha value is -2.78. The minimum absolute atomic E-state index is 0.0639. The molecule has 6 nitrogen and oxygen atoms in total. The Morgan fingerprint density at radius 1 is 1.32 bits per heavy atom. The average Bonchev–Trinajstić information content (AvgIpc) is 3.35. The summed E-state index contributed by atoms with van der Waals surface area (Å²) in [6, 6.07) is 4.04. The van der Waals surface area contributed by atoms with Gasteiger partial charge in [0.1, 0.15) is 0 Å². The van der Waals surface area contributed by atoms with Gasteiger partial charge in [-0.25, -0.2) is 18.7 Å². The van der Waals surface area contributed by atoms with E-state index in [-0.39, 0.29) is 12.8 Å². The Balaban J connectivity index is 1.54. The van der Waals surface area contributed by atoms with Crippen molar-refractivity contribution in [2.24, 2.45) is 0 Å². The molecule has 4 rings (SSSR count). The van der Waals surface area contributed by atoms with Crippen molar-refractivity contribution in [1.29, 1.82) is 0 Å². The third kappa shape index (κ3) is 4.77. The van der Waals surface area contributed by atoms with Crippen LogP contribution >= 0.6 is 11.3 Å². The minimum atomic E-state index is -2.52.